The number of carbonyl (C=O) groups is 1. The van der Waals surface area contributed by atoms with Gasteiger partial charge >= 0.3 is 6.03 Å². The number of anilines is 1. The molecule has 2 aromatic rings. The van der Waals surface area contributed by atoms with Gasteiger partial charge in [0.15, 0.2) is 5.13 Å². The highest BCUT2D eigenvalue weighted by molar-refractivity contribution is 7.22. The van der Waals surface area contributed by atoms with Crippen molar-refractivity contribution in [2.75, 3.05) is 51.8 Å². The smallest absolute Gasteiger partial charge is 0.323 e. The molecular formula is C20H27N5O3S. The van der Waals surface area contributed by atoms with Gasteiger partial charge in [-0.1, -0.05) is 11.3 Å². The molecule has 2 amide bonds. The zero-order valence-electron chi connectivity index (χ0n) is 16.7. The van der Waals surface area contributed by atoms with E-state index in [9.17, 15) is 4.79 Å². The average Bonchev–Trinajstić information content (AvgIpc) is 3.48. The summed E-state index contributed by atoms with van der Waals surface area (Å²) in [6, 6.07) is -0.0804. The minimum absolute atomic E-state index is 0.0804. The number of hydrogen-bond acceptors (Lipinski definition) is 7. The molecule has 0 aliphatic carbocycles. The van der Waals surface area contributed by atoms with Gasteiger partial charge in [-0.05, 0) is 50.3 Å². The summed E-state index contributed by atoms with van der Waals surface area (Å²) < 4.78 is 12.1. The van der Waals surface area contributed by atoms with E-state index >= 15 is 0 Å². The first-order valence-electron chi connectivity index (χ1n) is 10.4. The number of ether oxygens (including phenoxy) is 2. The van der Waals surface area contributed by atoms with Crippen molar-refractivity contribution in [3.05, 3.63) is 11.8 Å². The van der Waals surface area contributed by atoms with Crippen molar-refractivity contribution < 1.29 is 14.3 Å². The third-order valence-corrected chi connectivity index (χ3v) is 7.53. The summed E-state index contributed by atoms with van der Waals surface area (Å²) in [5, 5.41) is 7.04. The van der Waals surface area contributed by atoms with E-state index in [0.717, 1.165) is 75.3 Å². The van der Waals surface area contributed by atoms with Gasteiger partial charge in [0, 0.05) is 31.3 Å². The lowest BCUT2D eigenvalue weighted by Crippen LogP contribution is -2.35. The van der Waals surface area contributed by atoms with Gasteiger partial charge in [-0.3, -0.25) is 5.32 Å². The fraction of sp³-hybridized carbons (Fsp3) is 0.650. The van der Waals surface area contributed by atoms with Gasteiger partial charge in [-0.15, -0.1) is 0 Å². The first-order chi connectivity index (χ1) is 14.2. The molecule has 0 radical (unpaired) electrons. The van der Waals surface area contributed by atoms with E-state index in [1.807, 2.05) is 11.1 Å². The van der Waals surface area contributed by atoms with E-state index in [0.29, 0.717) is 16.9 Å². The van der Waals surface area contributed by atoms with Gasteiger partial charge in [0.1, 0.15) is 5.52 Å². The van der Waals surface area contributed by atoms with Gasteiger partial charge < -0.3 is 19.7 Å². The molecular weight excluding hydrogens is 390 g/mol. The van der Waals surface area contributed by atoms with Crippen LogP contribution in [0.3, 0.4) is 0 Å². The maximum atomic E-state index is 12.9. The largest absolute Gasteiger partial charge is 0.479 e. The normalized spacial score (nSPS) is 25.2. The average molecular weight is 418 g/mol. The van der Waals surface area contributed by atoms with E-state index in [4.69, 9.17) is 9.47 Å². The first-order valence-corrected chi connectivity index (χ1v) is 11.2. The molecule has 0 bridgehead atoms. The molecule has 0 aromatic carbocycles. The van der Waals surface area contributed by atoms with Crippen molar-refractivity contribution in [2.45, 2.75) is 31.6 Å². The van der Waals surface area contributed by atoms with Gasteiger partial charge in [0.05, 0.1) is 18.4 Å². The van der Waals surface area contributed by atoms with Crippen molar-refractivity contribution in [2.24, 2.45) is 5.41 Å². The van der Waals surface area contributed by atoms with Gasteiger partial charge in [0.25, 0.3) is 0 Å². The predicted octanol–water partition coefficient (Wildman–Crippen LogP) is 2.81. The number of thiazole rings is 1. The molecule has 9 heteroatoms. The van der Waals surface area contributed by atoms with Crippen LogP contribution in [0.2, 0.25) is 0 Å². The lowest BCUT2D eigenvalue weighted by molar-refractivity contribution is 0.154. The second-order valence-corrected chi connectivity index (χ2v) is 9.35. The standard InChI is InChI=1S/C20H27N5O3S/c1-27-17-15-16(14(10-22-17)13-2-6-21-7-3-13)29-18(23-15)24-19(26)25-8-4-20(11-25)5-9-28-12-20/h10,13,21H,2-9,11-12H2,1H3,(H,23,24,26). The quantitative estimate of drug-likeness (QED) is 0.798. The van der Waals surface area contributed by atoms with Gasteiger partial charge in [0.2, 0.25) is 5.88 Å². The van der Waals surface area contributed by atoms with Crippen LogP contribution in [0.25, 0.3) is 10.2 Å². The highest BCUT2D eigenvalue weighted by atomic mass is 32.1. The van der Waals surface area contributed by atoms with Crippen LogP contribution in [0.5, 0.6) is 5.88 Å². The van der Waals surface area contributed by atoms with Crippen LogP contribution in [-0.4, -0.2) is 67.4 Å². The number of pyridine rings is 1. The number of amides is 2. The minimum Gasteiger partial charge on any atom is -0.479 e. The number of rotatable bonds is 3. The molecule has 8 nitrogen and oxygen atoms in total. The Morgan fingerprint density at radius 3 is 3.03 bits per heavy atom. The molecule has 0 saturated carbocycles. The van der Waals surface area contributed by atoms with Crippen LogP contribution in [-0.2, 0) is 4.74 Å². The Hall–Kier alpha value is -1.97. The maximum absolute atomic E-state index is 12.9. The van der Waals surface area contributed by atoms with E-state index < -0.39 is 0 Å². The molecule has 29 heavy (non-hydrogen) atoms. The van der Waals surface area contributed by atoms with Crippen LogP contribution in [0.15, 0.2) is 6.20 Å². The summed E-state index contributed by atoms with van der Waals surface area (Å²) >= 11 is 1.52. The Bertz CT molecular complexity index is 905. The lowest BCUT2D eigenvalue weighted by atomic mass is 9.87. The number of urea groups is 1. The van der Waals surface area contributed by atoms with Crippen LogP contribution >= 0.6 is 11.3 Å². The van der Waals surface area contributed by atoms with E-state index in [2.05, 4.69) is 20.6 Å². The predicted molar refractivity (Wildman–Crippen MR) is 112 cm³/mol. The third-order valence-electron chi connectivity index (χ3n) is 6.51. The summed E-state index contributed by atoms with van der Waals surface area (Å²) in [5.74, 6) is 0.972. The van der Waals surface area contributed by atoms with E-state index in [1.54, 1.807) is 7.11 Å². The number of piperidine rings is 1. The van der Waals surface area contributed by atoms with Crippen molar-refractivity contribution in [1.82, 2.24) is 20.2 Å². The summed E-state index contributed by atoms with van der Waals surface area (Å²) in [4.78, 5) is 23.9. The molecule has 3 fully saturated rings. The molecule has 156 valence electrons. The zero-order valence-corrected chi connectivity index (χ0v) is 17.5. The van der Waals surface area contributed by atoms with E-state index in [1.165, 1.54) is 16.9 Å². The van der Waals surface area contributed by atoms with Crippen LogP contribution in [0.4, 0.5) is 9.93 Å². The Kier molecular flexibility index (Phi) is 5.05. The SMILES string of the molecule is COc1ncc(C2CCNCC2)c2sc(NC(=O)N3CCC4(CCOC4)C3)nc12. The molecule has 5 rings (SSSR count). The molecule has 5 heterocycles. The van der Waals surface area contributed by atoms with E-state index in [-0.39, 0.29) is 11.4 Å². The molecule has 1 spiro atoms. The summed E-state index contributed by atoms with van der Waals surface area (Å²) in [5.41, 5.74) is 2.11. The third kappa shape index (κ3) is 3.55. The highest BCUT2D eigenvalue weighted by Crippen LogP contribution is 2.40. The number of carbonyl (C=O) groups excluding carboxylic acids is 1. The number of fused-ring (bicyclic) bond motifs is 1. The molecule has 2 N–H and O–H groups in total. The van der Waals surface area contributed by atoms with Gasteiger partial charge in [-0.25, -0.2) is 14.8 Å². The fourth-order valence-electron chi connectivity index (χ4n) is 4.79. The first kappa shape index (κ1) is 19.0. The van der Waals surface area contributed by atoms with Crippen LogP contribution < -0.4 is 15.4 Å². The van der Waals surface area contributed by atoms with Crippen molar-refractivity contribution in [3.63, 3.8) is 0 Å². The number of nitrogens with zero attached hydrogens (tertiary/aromatic N) is 3. The van der Waals surface area contributed by atoms with Gasteiger partial charge in [-0.2, -0.15) is 0 Å². The van der Waals surface area contributed by atoms with Crippen molar-refractivity contribution in [3.8, 4) is 5.88 Å². The summed E-state index contributed by atoms with van der Waals surface area (Å²) in [7, 11) is 1.61. The topological polar surface area (TPSA) is 88.6 Å². The maximum Gasteiger partial charge on any atom is 0.323 e. The number of methoxy groups -OCH3 is 1. The Balaban J connectivity index is 1.38. The Labute approximate surface area is 174 Å². The van der Waals surface area contributed by atoms with Crippen LogP contribution in [0, 0.1) is 5.41 Å². The lowest BCUT2D eigenvalue weighted by Gasteiger charge is -2.23. The molecule has 2 aromatic heterocycles. The monoisotopic (exact) mass is 417 g/mol. The number of aromatic nitrogens is 2. The zero-order chi connectivity index (χ0) is 19.8. The second-order valence-electron chi connectivity index (χ2n) is 8.35. The number of nitrogens with one attached hydrogen (secondary N) is 2. The number of likely N-dealkylation sites (tertiary alicyclic amines) is 1. The summed E-state index contributed by atoms with van der Waals surface area (Å²) in [6.07, 6.45) is 6.14. The van der Waals surface area contributed by atoms with Crippen molar-refractivity contribution in [1.29, 1.82) is 0 Å². The van der Waals surface area contributed by atoms with Crippen molar-refractivity contribution >= 4 is 32.7 Å². The Morgan fingerprint density at radius 1 is 1.41 bits per heavy atom. The Morgan fingerprint density at radius 2 is 2.28 bits per heavy atom. The van der Waals surface area contributed by atoms with Crippen LogP contribution in [0.1, 0.15) is 37.2 Å². The summed E-state index contributed by atoms with van der Waals surface area (Å²) in [6.45, 7) is 5.13. The molecule has 3 aliphatic rings. The molecule has 3 aliphatic heterocycles. The highest BCUT2D eigenvalue weighted by Gasteiger charge is 2.42. The molecule has 3 saturated heterocycles. The number of hydrogen-bond donors (Lipinski definition) is 2. The minimum atomic E-state index is -0.0804. The molecule has 1 atom stereocenters. The fourth-order valence-corrected chi connectivity index (χ4v) is 5.82. The molecule has 1 unspecified atom stereocenters. The second kappa shape index (κ2) is 7.70.